The average molecular weight is 445 g/mol. The fourth-order valence-electron chi connectivity index (χ4n) is 4.23. The Bertz CT molecular complexity index is 1060. The molecule has 0 saturated carbocycles. The quantitative estimate of drug-likeness (QED) is 0.747. The van der Waals surface area contributed by atoms with E-state index >= 15 is 0 Å². The van der Waals surface area contributed by atoms with Gasteiger partial charge in [-0.1, -0.05) is 45.0 Å². The van der Waals surface area contributed by atoms with Crippen LogP contribution in [0.2, 0.25) is 0 Å². The predicted molar refractivity (Wildman–Crippen MR) is 123 cm³/mol. The molecule has 1 N–H and O–H groups in total. The molecule has 2 aromatic carbocycles. The van der Waals surface area contributed by atoms with Gasteiger partial charge in [-0.25, -0.2) is 8.42 Å². The van der Waals surface area contributed by atoms with Gasteiger partial charge in [0.2, 0.25) is 0 Å². The number of sulfonamides is 1. The molecule has 1 aliphatic heterocycles. The molecule has 1 aliphatic rings. The topological polar surface area (TPSA) is 75.7 Å². The summed E-state index contributed by atoms with van der Waals surface area (Å²) in [6.07, 6.45) is -0.188. The molecule has 2 aromatic rings. The maximum Gasteiger partial charge on any atom is 0.264 e. The summed E-state index contributed by atoms with van der Waals surface area (Å²) in [6.45, 7) is 12.1. The standard InChI is InChI=1S/C24H32N2O4S/c1-17-12-13-19-20(14-17)30-21(22(27)25-24(5,6)16-23(2,3)4)15-26(19)31(28,29)18-10-8-7-9-11-18/h7-14,21H,15-16H2,1-6H3,(H,25,27)/t21-/m1/s1. The van der Waals surface area contributed by atoms with Crippen LogP contribution in [-0.2, 0) is 14.8 Å². The largest absolute Gasteiger partial charge is 0.476 e. The van der Waals surface area contributed by atoms with Crippen LogP contribution in [0.15, 0.2) is 53.4 Å². The minimum Gasteiger partial charge on any atom is -0.476 e. The van der Waals surface area contributed by atoms with Gasteiger partial charge < -0.3 is 10.1 Å². The van der Waals surface area contributed by atoms with E-state index in [4.69, 9.17) is 4.74 Å². The van der Waals surface area contributed by atoms with E-state index in [0.717, 1.165) is 12.0 Å². The van der Waals surface area contributed by atoms with Gasteiger partial charge in [0.25, 0.3) is 15.9 Å². The summed E-state index contributed by atoms with van der Waals surface area (Å²) in [6, 6.07) is 13.6. The number of carbonyl (C=O) groups excluding carboxylic acids is 1. The smallest absolute Gasteiger partial charge is 0.264 e. The summed E-state index contributed by atoms with van der Waals surface area (Å²) < 4.78 is 34.1. The van der Waals surface area contributed by atoms with Crippen LogP contribution in [0.5, 0.6) is 5.75 Å². The number of carbonyl (C=O) groups is 1. The molecule has 0 fully saturated rings. The SMILES string of the molecule is Cc1ccc2c(c1)O[C@@H](C(=O)NC(C)(C)CC(C)(C)C)CN2S(=O)(=O)c1ccccc1. The molecule has 0 radical (unpaired) electrons. The van der Waals surface area contributed by atoms with E-state index in [0.29, 0.717) is 11.4 Å². The second-order valence-corrected chi connectivity index (χ2v) is 11.9. The fourth-order valence-corrected chi connectivity index (χ4v) is 5.73. The van der Waals surface area contributed by atoms with E-state index in [9.17, 15) is 13.2 Å². The highest BCUT2D eigenvalue weighted by atomic mass is 32.2. The monoisotopic (exact) mass is 444 g/mol. The Hall–Kier alpha value is -2.54. The molecule has 0 saturated heterocycles. The molecule has 0 aromatic heterocycles. The second kappa shape index (κ2) is 8.19. The highest BCUT2D eigenvalue weighted by Gasteiger charge is 2.39. The van der Waals surface area contributed by atoms with Crippen molar-refractivity contribution in [3.63, 3.8) is 0 Å². The average Bonchev–Trinajstić information content (AvgIpc) is 2.65. The number of benzene rings is 2. The summed E-state index contributed by atoms with van der Waals surface area (Å²) in [7, 11) is -3.85. The van der Waals surface area contributed by atoms with Crippen LogP contribution >= 0.6 is 0 Å². The number of nitrogens with one attached hydrogen (secondary N) is 1. The molecule has 3 rings (SSSR count). The third kappa shape index (κ3) is 5.39. The zero-order valence-electron chi connectivity index (χ0n) is 19.1. The zero-order chi connectivity index (χ0) is 23.0. The van der Waals surface area contributed by atoms with Crippen molar-refractivity contribution in [3.8, 4) is 5.75 Å². The minimum atomic E-state index is -3.85. The van der Waals surface area contributed by atoms with E-state index in [1.165, 1.54) is 4.31 Å². The zero-order valence-corrected chi connectivity index (χ0v) is 19.9. The van der Waals surface area contributed by atoms with Crippen LogP contribution < -0.4 is 14.4 Å². The normalized spacial score (nSPS) is 17.0. The number of nitrogens with zero attached hydrogens (tertiary/aromatic N) is 1. The molecule has 1 heterocycles. The first-order chi connectivity index (χ1) is 14.3. The maximum absolute atomic E-state index is 13.4. The van der Waals surface area contributed by atoms with Gasteiger partial charge in [-0.2, -0.15) is 0 Å². The number of hydrogen-bond acceptors (Lipinski definition) is 4. The van der Waals surface area contributed by atoms with Crippen molar-refractivity contribution in [2.75, 3.05) is 10.8 Å². The summed E-state index contributed by atoms with van der Waals surface area (Å²) in [4.78, 5) is 13.3. The maximum atomic E-state index is 13.4. The lowest BCUT2D eigenvalue weighted by atomic mass is 9.81. The number of hydrogen-bond donors (Lipinski definition) is 1. The lowest BCUT2D eigenvalue weighted by Crippen LogP contribution is -2.55. The fraction of sp³-hybridized carbons (Fsp3) is 0.458. The Balaban J connectivity index is 1.94. The van der Waals surface area contributed by atoms with Crippen molar-refractivity contribution >= 4 is 21.6 Å². The van der Waals surface area contributed by atoms with Crippen molar-refractivity contribution in [2.24, 2.45) is 5.41 Å². The first-order valence-corrected chi connectivity index (χ1v) is 11.9. The Kier molecular flexibility index (Phi) is 6.11. The van der Waals surface area contributed by atoms with Crippen molar-refractivity contribution in [3.05, 3.63) is 54.1 Å². The molecule has 31 heavy (non-hydrogen) atoms. The summed E-state index contributed by atoms with van der Waals surface area (Å²) in [5, 5.41) is 3.05. The minimum absolute atomic E-state index is 0.0244. The van der Waals surface area contributed by atoms with E-state index in [-0.39, 0.29) is 22.8 Å². The van der Waals surface area contributed by atoms with Gasteiger partial charge in [0.15, 0.2) is 6.10 Å². The predicted octanol–water partition coefficient (Wildman–Crippen LogP) is 4.28. The van der Waals surface area contributed by atoms with Gasteiger partial charge in [0, 0.05) is 5.54 Å². The number of aryl methyl sites for hydroxylation is 1. The number of fused-ring (bicyclic) bond motifs is 1. The van der Waals surface area contributed by atoms with Crippen molar-refractivity contribution in [2.45, 2.75) is 64.5 Å². The molecule has 0 bridgehead atoms. The molecule has 168 valence electrons. The third-order valence-electron chi connectivity index (χ3n) is 5.04. The highest BCUT2D eigenvalue weighted by molar-refractivity contribution is 7.92. The molecule has 0 unspecified atom stereocenters. The first kappa shape index (κ1) is 23.1. The molecule has 1 atom stereocenters. The molecule has 0 aliphatic carbocycles. The Labute approximate surface area is 185 Å². The molecular formula is C24H32N2O4S. The number of rotatable bonds is 5. The first-order valence-electron chi connectivity index (χ1n) is 10.5. The van der Waals surface area contributed by atoms with Crippen LogP contribution in [0.25, 0.3) is 0 Å². The van der Waals surface area contributed by atoms with Crippen LogP contribution in [-0.4, -0.2) is 32.5 Å². The van der Waals surface area contributed by atoms with Crippen LogP contribution in [0.3, 0.4) is 0 Å². The Morgan fingerprint density at radius 2 is 1.74 bits per heavy atom. The van der Waals surface area contributed by atoms with Crippen LogP contribution in [0.4, 0.5) is 5.69 Å². The lowest BCUT2D eigenvalue weighted by molar-refractivity contribution is -0.129. The molecular weight excluding hydrogens is 412 g/mol. The molecule has 1 amide bonds. The van der Waals surface area contributed by atoms with Gasteiger partial charge in [-0.15, -0.1) is 0 Å². The van der Waals surface area contributed by atoms with Crippen molar-refractivity contribution in [1.29, 1.82) is 0 Å². The lowest BCUT2D eigenvalue weighted by Gasteiger charge is -2.38. The summed E-state index contributed by atoms with van der Waals surface area (Å²) in [5.74, 6) is 0.0641. The van der Waals surface area contributed by atoms with Gasteiger partial charge in [-0.3, -0.25) is 9.10 Å². The Morgan fingerprint density at radius 1 is 1.10 bits per heavy atom. The van der Waals surface area contributed by atoms with E-state index in [1.54, 1.807) is 42.5 Å². The molecule has 6 nitrogen and oxygen atoms in total. The van der Waals surface area contributed by atoms with Crippen LogP contribution in [0.1, 0.15) is 46.6 Å². The van der Waals surface area contributed by atoms with E-state index < -0.39 is 21.7 Å². The molecule has 0 spiro atoms. The third-order valence-corrected chi connectivity index (χ3v) is 6.84. The van der Waals surface area contributed by atoms with Gasteiger partial charge in [0.05, 0.1) is 17.1 Å². The molecule has 7 heteroatoms. The van der Waals surface area contributed by atoms with Crippen molar-refractivity contribution in [1.82, 2.24) is 5.32 Å². The van der Waals surface area contributed by atoms with E-state index in [1.807, 2.05) is 26.8 Å². The van der Waals surface area contributed by atoms with Crippen LogP contribution in [0, 0.1) is 12.3 Å². The summed E-state index contributed by atoms with van der Waals surface area (Å²) in [5.41, 5.74) is 0.920. The Morgan fingerprint density at radius 3 is 2.35 bits per heavy atom. The number of ether oxygens (including phenoxy) is 1. The summed E-state index contributed by atoms with van der Waals surface area (Å²) >= 11 is 0. The van der Waals surface area contributed by atoms with E-state index in [2.05, 4.69) is 26.1 Å². The van der Waals surface area contributed by atoms with Crippen molar-refractivity contribution < 1.29 is 17.9 Å². The second-order valence-electron chi connectivity index (χ2n) is 10.0. The van der Waals surface area contributed by atoms with Gasteiger partial charge in [-0.05, 0) is 62.4 Å². The number of amides is 1. The number of anilines is 1. The highest BCUT2D eigenvalue weighted by Crippen LogP contribution is 2.38. The van der Waals surface area contributed by atoms with Gasteiger partial charge in [0.1, 0.15) is 5.75 Å². The van der Waals surface area contributed by atoms with Gasteiger partial charge >= 0.3 is 0 Å².